The molecule has 2 aromatic carbocycles. The average molecular weight is 394 g/mol. The van der Waals surface area contributed by atoms with Crippen molar-refractivity contribution in [1.29, 1.82) is 0 Å². The molecule has 1 amide bonds. The number of carbonyl (C=O) groups excluding carboxylic acids is 1. The fourth-order valence-electron chi connectivity index (χ4n) is 4.54. The fourth-order valence-corrected chi connectivity index (χ4v) is 4.54. The van der Waals surface area contributed by atoms with Crippen LogP contribution in [0.15, 0.2) is 42.5 Å². The van der Waals surface area contributed by atoms with E-state index >= 15 is 0 Å². The molecule has 2 aliphatic heterocycles. The number of amides is 1. The number of carbonyl (C=O) groups is 1. The van der Waals surface area contributed by atoms with E-state index in [0.29, 0.717) is 17.9 Å². The Hall–Kier alpha value is -2.53. The number of piperidine rings is 1. The predicted molar refractivity (Wildman–Crippen MR) is 117 cm³/mol. The molecule has 1 atom stereocenters. The number of likely N-dealkylation sites (tertiary alicyclic amines) is 1. The normalized spacial score (nSPS) is 17.7. The van der Waals surface area contributed by atoms with Gasteiger partial charge < -0.3 is 15.0 Å². The first kappa shape index (κ1) is 19.8. The summed E-state index contributed by atoms with van der Waals surface area (Å²) in [6, 6.07) is 14.4. The SMILES string of the molecule is COc1cccc(C(=O)NC[C@@H](c2ccc3c(c2)CCN3C)N2CCCCC2)c1. The van der Waals surface area contributed by atoms with Crippen LogP contribution < -0.4 is 15.0 Å². The Labute approximate surface area is 173 Å². The Kier molecular flexibility index (Phi) is 6.05. The number of hydrogen-bond acceptors (Lipinski definition) is 4. The fraction of sp³-hybridized carbons (Fsp3) is 0.458. The number of likely N-dealkylation sites (N-methyl/N-ethyl adjacent to an activating group) is 1. The summed E-state index contributed by atoms with van der Waals surface area (Å²) >= 11 is 0. The maximum Gasteiger partial charge on any atom is 0.251 e. The van der Waals surface area contributed by atoms with Gasteiger partial charge in [-0.3, -0.25) is 9.69 Å². The third-order valence-corrected chi connectivity index (χ3v) is 6.24. The van der Waals surface area contributed by atoms with E-state index in [0.717, 1.165) is 26.1 Å². The highest BCUT2D eigenvalue weighted by Gasteiger charge is 2.25. The molecule has 5 nitrogen and oxygen atoms in total. The van der Waals surface area contributed by atoms with E-state index in [4.69, 9.17) is 4.74 Å². The topological polar surface area (TPSA) is 44.8 Å². The highest BCUT2D eigenvalue weighted by Crippen LogP contribution is 2.32. The lowest BCUT2D eigenvalue weighted by Gasteiger charge is -2.35. The van der Waals surface area contributed by atoms with Gasteiger partial charge in [0.1, 0.15) is 5.75 Å². The van der Waals surface area contributed by atoms with Crippen LogP contribution in [0.3, 0.4) is 0 Å². The van der Waals surface area contributed by atoms with E-state index in [1.807, 2.05) is 18.2 Å². The van der Waals surface area contributed by atoms with E-state index in [1.54, 1.807) is 13.2 Å². The third kappa shape index (κ3) is 4.40. The van der Waals surface area contributed by atoms with E-state index in [1.165, 1.54) is 36.1 Å². The van der Waals surface area contributed by atoms with E-state index in [9.17, 15) is 4.79 Å². The smallest absolute Gasteiger partial charge is 0.251 e. The number of nitrogens with zero attached hydrogens (tertiary/aromatic N) is 2. The van der Waals surface area contributed by atoms with Crippen LogP contribution in [0.4, 0.5) is 5.69 Å². The molecular weight excluding hydrogens is 362 g/mol. The number of anilines is 1. The van der Waals surface area contributed by atoms with Crippen LogP contribution in [-0.2, 0) is 6.42 Å². The molecule has 29 heavy (non-hydrogen) atoms. The minimum atomic E-state index is -0.0493. The highest BCUT2D eigenvalue weighted by molar-refractivity contribution is 5.94. The van der Waals surface area contributed by atoms with Crippen molar-refractivity contribution in [3.63, 3.8) is 0 Å². The predicted octanol–water partition coefficient (Wildman–Crippen LogP) is 3.64. The lowest BCUT2D eigenvalue weighted by atomic mass is 9.98. The van der Waals surface area contributed by atoms with E-state index < -0.39 is 0 Å². The minimum Gasteiger partial charge on any atom is -0.497 e. The Morgan fingerprint density at radius 3 is 2.72 bits per heavy atom. The Morgan fingerprint density at radius 1 is 1.10 bits per heavy atom. The lowest BCUT2D eigenvalue weighted by Crippen LogP contribution is -2.40. The van der Waals surface area contributed by atoms with Crippen LogP contribution in [0.5, 0.6) is 5.75 Å². The van der Waals surface area contributed by atoms with Gasteiger partial charge >= 0.3 is 0 Å². The van der Waals surface area contributed by atoms with Crippen molar-refractivity contribution in [3.05, 3.63) is 59.2 Å². The van der Waals surface area contributed by atoms with Crippen molar-refractivity contribution in [2.75, 3.05) is 45.2 Å². The van der Waals surface area contributed by atoms with Crippen molar-refractivity contribution in [2.24, 2.45) is 0 Å². The second-order valence-electron chi connectivity index (χ2n) is 8.11. The largest absolute Gasteiger partial charge is 0.497 e. The van der Waals surface area contributed by atoms with Gasteiger partial charge in [0.05, 0.1) is 13.2 Å². The molecule has 0 aliphatic carbocycles. The van der Waals surface area contributed by atoms with Gasteiger partial charge in [0.15, 0.2) is 0 Å². The second-order valence-corrected chi connectivity index (χ2v) is 8.11. The molecule has 1 N–H and O–H groups in total. The van der Waals surface area contributed by atoms with Crippen LogP contribution in [-0.4, -0.2) is 51.1 Å². The molecule has 1 fully saturated rings. The summed E-state index contributed by atoms with van der Waals surface area (Å²) in [5.74, 6) is 0.653. The number of fused-ring (bicyclic) bond motifs is 1. The summed E-state index contributed by atoms with van der Waals surface area (Å²) in [6.07, 6.45) is 4.86. The number of nitrogens with one attached hydrogen (secondary N) is 1. The molecule has 2 aromatic rings. The van der Waals surface area contributed by atoms with Crippen molar-refractivity contribution in [1.82, 2.24) is 10.2 Å². The number of benzene rings is 2. The van der Waals surface area contributed by atoms with Crippen molar-refractivity contribution < 1.29 is 9.53 Å². The maximum atomic E-state index is 12.8. The van der Waals surface area contributed by atoms with Gasteiger partial charge in [-0.05, 0) is 67.7 Å². The van der Waals surface area contributed by atoms with E-state index in [2.05, 4.69) is 40.4 Å². The molecule has 1 saturated heterocycles. The summed E-state index contributed by atoms with van der Waals surface area (Å²) < 4.78 is 5.25. The van der Waals surface area contributed by atoms with Crippen molar-refractivity contribution in [2.45, 2.75) is 31.7 Å². The van der Waals surface area contributed by atoms with Crippen molar-refractivity contribution >= 4 is 11.6 Å². The molecular formula is C24H31N3O2. The molecule has 0 saturated carbocycles. The third-order valence-electron chi connectivity index (χ3n) is 6.24. The zero-order valence-electron chi connectivity index (χ0n) is 17.5. The zero-order valence-corrected chi connectivity index (χ0v) is 17.5. The molecule has 2 heterocycles. The number of rotatable bonds is 6. The Morgan fingerprint density at radius 2 is 1.93 bits per heavy atom. The molecule has 0 radical (unpaired) electrons. The van der Waals surface area contributed by atoms with Gasteiger partial charge in [-0.2, -0.15) is 0 Å². The molecule has 0 aromatic heterocycles. The van der Waals surface area contributed by atoms with Gasteiger partial charge in [-0.1, -0.05) is 24.6 Å². The summed E-state index contributed by atoms with van der Waals surface area (Å²) in [6.45, 7) is 3.89. The summed E-state index contributed by atoms with van der Waals surface area (Å²) in [5, 5.41) is 3.18. The Balaban J connectivity index is 1.52. The van der Waals surface area contributed by atoms with Crippen LogP contribution in [0.25, 0.3) is 0 Å². The Bertz CT molecular complexity index is 861. The molecule has 154 valence electrons. The van der Waals surface area contributed by atoms with Crippen LogP contribution in [0.1, 0.15) is 46.8 Å². The number of ether oxygens (including phenoxy) is 1. The maximum absolute atomic E-state index is 12.8. The quantitative estimate of drug-likeness (QED) is 0.814. The first-order chi connectivity index (χ1) is 14.2. The molecule has 5 heteroatoms. The molecule has 0 unspecified atom stereocenters. The minimum absolute atomic E-state index is 0.0493. The van der Waals surface area contributed by atoms with E-state index in [-0.39, 0.29) is 11.9 Å². The van der Waals surface area contributed by atoms with Crippen LogP contribution in [0, 0.1) is 0 Å². The first-order valence-corrected chi connectivity index (χ1v) is 10.7. The zero-order chi connectivity index (χ0) is 20.2. The molecule has 4 rings (SSSR count). The van der Waals surface area contributed by atoms with Gasteiger partial charge in [-0.25, -0.2) is 0 Å². The van der Waals surface area contributed by atoms with Crippen LogP contribution >= 0.6 is 0 Å². The lowest BCUT2D eigenvalue weighted by molar-refractivity contribution is 0.0924. The molecule has 0 spiro atoms. The summed E-state index contributed by atoms with van der Waals surface area (Å²) in [5.41, 5.74) is 4.71. The highest BCUT2D eigenvalue weighted by atomic mass is 16.5. The summed E-state index contributed by atoms with van der Waals surface area (Å²) in [7, 11) is 3.77. The van der Waals surface area contributed by atoms with Crippen LogP contribution in [0.2, 0.25) is 0 Å². The number of hydrogen-bond donors (Lipinski definition) is 1. The summed E-state index contributed by atoms with van der Waals surface area (Å²) in [4.78, 5) is 17.6. The molecule has 0 bridgehead atoms. The van der Waals surface area contributed by atoms with Gasteiger partial charge in [-0.15, -0.1) is 0 Å². The van der Waals surface area contributed by atoms with Gasteiger partial charge in [0.25, 0.3) is 5.91 Å². The van der Waals surface area contributed by atoms with Crippen molar-refractivity contribution in [3.8, 4) is 5.75 Å². The monoisotopic (exact) mass is 393 g/mol. The molecule has 2 aliphatic rings. The van der Waals surface area contributed by atoms with Gasteiger partial charge in [0.2, 0.25) is 0 Å². The second kappa shape index (κ2) is 8.87. The standard InChI is InChI=1S/C24H31N3O2/c1-26-14-11-19-15-18(9-10-22(19)26)23(27-12-4-3-5-13-27)17-25-24(28)20-7-6-8-21(16-20)29-2/h6-10,15-16,23H,3-5,11-14,17H2,1-2H3,(H,25,28)/t23-/m0/s1. The van der Waals surface area contributed by atoms with Gasteiger partial charge in [0, 0.05) is 31.4 Å². The average Bonchev–Trinajstić information content (AvgIpc) is 3.14. The first-order valence-electron chi connectivity index (χ1n) is 10.7. The number of methoxy groups -OCH3 is 1.